The third-order valence-electron chi connectivity index (χ3n) is 3.48. The second kappa shape index (κ2) is 7.21. The molecule has 1 unspecified atom stereocenters. The van der Waals surface area contributed by atoms with Crippen molar-refractivity contribution in [3.8, 4) is 0 Å². The van der Waals surface area contributed by atoms with Gasteiger partial charge in [-0.2, -0.15) is 0 Å². The number of hydrogen-bond donors (Lipinski definition) is 2. The quantitative estimate of drug-likeness (QED) is 0.731. The molecule has 24 heavy (non-hydrogen) atoms. The third-order valence-corrected chi connectivity index (χ3v) is 4.11. The van der Waals surface area contributed by atoms with Gasteiger partial charge in [0.05, 0.1) is 22.8 Å². The molecule has 0 spiro atoms. The molecule has 124 valence electrons. The number of quaternary nitrogens is 1. The lowest BCUT2D eigenvalue weighted by atomic mass is 10.3. The van der Waals surface area contributed by atoms with Crippen LogP contribution >= 0.6 is 23.2 Å². The highest BCUT2D eigenvalue weighted by molar-refractivity contribution is 6.39. The van der Waals surface area contributed by atoms with Gasteiger partial charge in [0.2, 0.25) is 0 Å². The Balaban J connectivity index is 1.62. The van der Waals surface area contributed by atoms with Crippen LogP contribution < -0.4 is 10.2 Å². The number of benzene rings is 2. The van der Waals surface area contributed by atoms with Crippen LogP contribution in [0.25, 0.3) is 11.1 Å². The van der Waals surface area contributed by atoms with Gasteiger partial charge in [0.25, 0.3) is 11.8 Å². The van der Waals surface area contributed by atoms with Crippen LogP contribution in [0.5, 0.6) is 0 Å². The highest BCUT2D eigenvalue weighted by atomic mass is 35.5. The smallest absolute Gasteiger partial charge is 0.279 e. The van der Waals surface area contributed by atoms with Gasteiger partial charge in [-0.1, -0.05) is 41.4 Å². The zero-order valence-corrected chi connectivity index (χ0v) is 14.5. The van der Waals surface area contributed by atoms with Crippen molar-refractivity contribution in [2.75, 3.05) is 18.9 Å². The summed E-state index contributed by atoms with van der Waals surface area (Å²) in [4.78, 5) is 17.5. The Hall–Kier alpha value is -2.08. The Morgan fingerprint density at radius 3 is 2.58 bits per heavy atom. The van der Waals surface area contributed by atoms with E-state index in [2.05, 4.69) is 10.3 Å². The summed E-state index contributed by atoms with van der Waals surface area (Å²) in [5, 5.41) is 3.57. The Bertz CT molecular complexity index is 826. The van der Waals surface area contributed by atoms with Crippen LogP contribution in [0.2, 0.25) is 10.0 Å². The van der Waals surface area contributed by atoms with E-state index in [0.29, 0.717) is 28.2 Å². The summed E-state index contributed by atoms with van der Waals surface area (Å²) in [7, 11) is 1.89. The minimum absolute atomic E-state index is 0.182. The molecule has 0 saturated carbocycles. The van der Waals surface area contributed by atoms with Crippen LogP contribution in [0.3, 0.4) is 0 Å². The molecule has 2 N–H and O–H groups in total. The van der Waals surface area contributed by atoms with Crippen molar-refractivity contribution in [1.29, 1.82) is 0 Å². The van der Waals surface area contributed by atoms with Crippen molar-refractivity contribution >= 4 is 45.9 Å². The first-order valence-corrected chi connectivity index (χ1v) is 8.18. The number of amides is 1. The number of aromatic nitrogens is 1. The van der Waals surface area contributed by atoms with Crippen LogP contribution in [-0.4, -0.2) is 24.5 Å². The highest BCUT2D eigenvalue weighted by Gasteiger charge is 2.16. The number of para-hydroxylation sites is 3. The summed E-state index contributed by atoms with van der Waals surface area (Å²) in [5.41, 5.74) is 1.99. The van der Waals surface area contributed by atoms with Crippen molar-refractivity contribution < 1.29 is 14.1 Å². The van der Waals surface area contributed by atoms with Crippen molar-refractivity contribution in [3.63, 3.8) is 0 Å². The summed E-state index contributed by atoms with van der Waals surface area (Å²) >= 11 is 12.1. The molecule has 0 saturated heterocycles. The first-order chi connectivity index (χ1) is 11.5. The zero-order chi connectivity index (χ0) is 17.1. The Morgan fingerprint density at radius 2 is 1.88 bits per heavy atom. The number of fused-ring (bicyclic) bond motifs is 1. The van der Waals surface area contributed by atoms with Gasteiger partial charge in [0.15, 0.2) is 18.7 Å². The van der Waals surface area contributed by atoms with Gasteiger partial charge in [-0.3, -0.25) is 4.79 Å². The van der Waals surface area contributed by atoms with Gasteiger partial charge in [-0.25, -0.2) is 4.98 Å². The standard InChI is InChI=1S/C17H15Cl2N3O2/c1-22(10-16-20-13-7-2-3-8-14(13)24-16)9-15(23)21-17-11(18)5-4-6-12(17)19/h2-8H,9-10H2,1H3,(H,21,23)/p+1. The van der Waals surface area contributed by atoms with Crippen molar-refractivity contribution in [1.82, 2.24) is 4.98 Å². The number of nitrogens with one attached hydrogen (secondary N) is 2. The monoisotopic (exact) mass is 364 g/mol. The van der Waals surface area contributed by atoms with E-state index in [1.165, 1.54) is 0 Å². The predicted octanol–water partition coefficient (Wildman–Crippen LogP) is 2.79. The molecule has 1 amide bonds. The summed E-state index contributed by atoms with van der Waals surface area (Å²) in [5.74, 6) is 0.413. The molecule has 1 aromatic heterocycles. The topological polar surface area (TPSA) is 59.6 Å². The van der Waals surface area contributed by atoms with Gasteiger partial charge in [-0.05, 0) is 24.3 Å². The third kappa shape index (κ3) is 3.87. The van der Waals surface area contributed by atoms with E-state index in [-0.39, 0.29) is 12.5 Å². The second-order valence-electron chi connectivity index (χ2n) is 5.53. The van der Waals surface area contributed by atoms with Crippen molar-refractivity contribution in [2.45, 2.75) is 6.54 Å². The van der Waals surface area contributed by atoms with E-state index < -0.39 is 0 Å². The number of hydrogen-bond acceptors (Lipinski definition) is 3. The molecule has 1 atom stereocenters. The molecule has 5 nitrogen and oxygen atoms in total. The molecule has 1 heterocycles. The Labute approximate surface area is 149 Å². The van der Waals surface area contributed by atoms with E-state index in [4.69, 9.17) is 27.6 Å². The maximum Gasteiger partial charge on any atom is 0.279 e. The molecule has 0 aliphatic heterocycles. The molecule has 0 aliphatic rings. The molecule has 2 aromatic carbocycles. The molecule has 0 fully saturated rings. The number of carbonyl (C=O) groups excluding carboxylic acids is 1. The maximum absolute atomic E-state index is 12.2. The lowest BCUT2D eigenvalue weighted by molar-refractivity contribution is -0.886. The van der Waals surface area contributed by atoms with Crippen LogP contribution in [0, 0.1) is 0 Å². The van der Waals surface area contributed by atoms with Gasteiger partial charge in [0.1, 0.15) is 5.52 Å². The van der Waals surface area contributed by atoms with Gasteiger partial charge >= 0.3 is 0 Å². The fourth-order valence-corrected chi connectivity index (χ4v) is 2.88. The largest absolute Gasteiger partial charge is 0.435 e. The zero-order valence-electron chi connectivity index (χ0n) is 13.0. The fraction of sp³-hybridized carbons (Fsp3) is 0.176. The Morgan fingerprint density at radius 1 is 1.17 bits per heavy atom. The number of anilines is 1. The molecular formula is C17H16Cl2N3O2+. The van der Waals surface area contributed by atoms with Crippen LogP contribution in [0.4, 0.5) is 5.69 Å². The predicted molar refractivity (Wildman–Crippen MR) is 94.6 cm³/mol. The van der Waals surface area contributed by atoms with Gasteiger partial charge in [0, 0.05) is 0 Å². The molecule has 7 heteroatoms. The highest BCUT2D eigenvalue weighted by Crippen LogP contribution is 2.29. The molecule has 0 aliphatic carbocycles. The number of likely N-dealkylation sites (N-methyl/N-ethyl adjacent to an activating group) is 1. The number of rotatable bonds is 5. The van der Waals surface area contributed by atoms with E-state index >= 15 is 0 Å². The van der Waals surface area contributed by atoms with Crippen LogP contribution in [0.15, 0.2) is 46.9 Å². The van der Waals surface area contributed by atoms with Gasteiger partial charge in [-0.15, -0.1) is 0 Å². The summed E-state index contributed by atoms with van der Waals surface area (Å²) in [6.45, 7) is 0.735. The second-order valence-corrected chi connectivity index (χ2v) is 6.35. The SMILES string of the molecule is C[NH+](CC(=O)Nc1c(Cl)cccc1Cl)Cc1nc2ccccc2o1. The summed E-state index contributed by atoms with van der Waals surface area (Å²) in [6.07, 6.45) is 0. The van der Waals surface area contributed by atoms with Crippen LogP contribution in [0.1, 0.15) is 5.89 Å². The molecule has 0 bridgehead atoms. The maximum atomic E-state index is 12.2. The lowest BCUT2D eigenvalue weighted by Crippen LogP contribution is -3.08. The average Bonchev–Trinajstić information content (AvgIpc) is 2.93. The Kier molecular flexibility index (Phi) is 5.04. The first-order valence-electron chi connectivity index (χ1n) is 7.42. The molecule has 3 aromatic rings. The first kappa shape index (κ1) is 16.8. The van der Waals surface area contributed by atoms with Crippen LogP contribution in [-0.2, 0) is 11.3 Å². The minimum Gasteiger partial charge on any atom is -0.435 e. The van der Waals surface area contributed by atoms with Gasteiger partial charge < -0.3 is 14.6 Å². The van der Waals surface area contributed by atoms with Crippen molar-refractivity contribution in [3.05, 3.63) is 58.4 Å². The lowest BCUT2D eigenvalue weighted by Gasteiger charge is -2.13. The molecular weight excluding hydrogens is 349 g/mol. The number of halogens is 2. The van der Waals surface area contributed by atoms with E-state index in [0.717, 1.165) is 16.0 Å². The van der Waals surface area contributed by atoms with E-state index in [9.17, 15) is 4.79 Å². The van der Waals surface area contributed by atoms with E-state index in [1.54, 1.807) is 18.2 Å². The average molecular weight is 365 g/mol. The molecule has 3 rings (SSSR count). The van der Waals surface area contributed by atoms with E-state index in [1.807, 2.05) is 31.3 Å². The minimum atomic E-state index is -0.182. The normalized spacial score (nSPS) is 12.3. The number of carbonyl (C=O) groups is 1. The number of oxazole rings is 1. The molecule has 0 radical (unpaired) electrons. The summed E-state index contributed by atoms with van der Waals surface area (Å²) in [6, 6.07) is 12.7. The fourth-order valence-electron chi connectivity index (χ4n) is 2.39. The number of nitrogens with zero attached hydrogens (tertiary/aromatic N) is 1. The summed E-state index contributed by atoms with van der Waals surface area (Å²) < 4.78 is 5.67. The van der Waals surface area contributed by atoms with Crippen molar-refractivity contribution in [2.24, 2.45) is 0 Å².